The molecule has 0 bridgehead atoms. The molecule has 7 heteroatoms. The molecule has 2 heterocycles. The van der Waals surface area contributed by atoms with Gasteiger partial charge in [0.05, 0.1) is 17.5 Å². The Balaban J connectivity index is 1.82. The van der Waals surface area contributed by atoms with Crippen LogP contribution in [0, 0.1) is 5.82 Å². The number of rotatable bonds is 2. The molecule has 1 saturated heterocycles. The van der Waals surface area contributed by atoms with Gasteiger partial charge >= 0.3 is 6.09 Å². The largest absolute Gasteiger partial charge is 0.416 e. The SMILES string of the molecule is C=C(C)OC(=O)N1CCc2cc(N3CC[C@H](N)C3=O)c(F)cc2C1. The first-order valence-corrected chi connectivity index (χ1v) is 7.87. The number of anilines is 1. The Kier molecular flexibility index (Phi) is 4.28. The number of nitrogens with zero attached hydrogens (tertiary/aromatic N) is 2. The molecule has 2 aliphatic heterocycles. The number of hydrogen-bond acceptors (Lipinski definition) is 4. The molecule has 0 spiro atoms. The summed E-state index contributed by atoms with van der Waals surface area (Å²) in [6, 6.07) is 2.53. The van der Waals surface area contributed by atoms with Crippen LogP contribution in [0.4, 0.5) is 14.9 Å². The minimum atomic E-state index is -0.562. The fourth-order valence-electron chi connectivity index (χ4n) is 3.08. The molecule has 2 N–H and O–H groups in total. The van der Waals surface area contributed by atoms with Crippen LogP contribution in [0.1, 0.15) is 24.5 Å². The molecule has 0 aliphatic carbocycles. The Morgan fingerprint density at radius 1 is 1.38 bits per heavy atom. The van der Waals surface area contributed by atoms with E-state index in [-0.39, 0.29) is 18.1 Å². The van der Waals surface area contributed by atoms with Crippen molar-refractivity contribution in [3.8, 4) is 0 Å². The number of nitrogens with two attached hydrogens (primary N) is 1. The quantitative estimate of drug-likeness (QED) is 0.839. The van der Waals surface area contributed by atoms with E-state index in [1.807, 2.05) is 0 Å². The van der Waals surface area contributed by atoms with E-state index in [4.69, 9.17) is 10.5 Å². The molecule has 1 aromatic rings. The number of fused-ring (bicyclic) bond motifs is 1. The lowest BCUT2D eigenvalue weighted by atomic mass is 9.98. The standard InChI is InChI=1S/C17H20FN3O3/c1-10(2)24-17(23)20-5-3-11-8-15(13(18)7-12(11)9-20)21-6-4-14(19)16(21)22/h7-8,14H,1,3-6,9,19H2,2H3/t14-/m0/s1. The summed E-state index contributed by atoms with van der Waals surface area (Å²) in [5, 5.41) is 0. The van der Waals surface area contributed by atoms with Crippen molar-refractivity contribution in [2.45, 2.75) is 32.4 Å². The highest BCUT2D eigenvalue weighted by atomic mass is 19.1. The number of ether oxygens (including phenoxy) is 1. The minimum Gasteiger partial charge on any atom is -0.416 e. The third-order valence-corrected chi connectivity index (χ3v) is 4.34. The summed E-state index contributed by atoms with van der Waals surface area (Å²) in [5.74, 6) is -0.418. The molecule has 1 fully saturated rings. The van der Waals surface area contributed by atoms with Gasteiger partial charge in [-0.15, -0.1) is 0 Å². The van der Waals surface area contributed by atoms with Crippen LogP contribution in [0.3, 0.4) is 0 Å². The summed E-state index contributed by atoms with van der Waals surface area (Å²) < 4.78 is 19.5. The number of carbonyl (C=O) groups is 2. The van der Waals surface area contributed by atoms with Crippen molar-refractivity contribution in [2.75, 3.05) is 18.0 Å². The highest BCUT2D eigenvalue weighted by Gasteiger charge is 2.32. The molecule has 0 unspecified atom stereocenters. The van der Waals surface area contributed by atoms with Crippen LogP contribution < -0.4 is 10.6 Å². The fraction of sp³-hybridized carbons (Fsp3) is 0.412. The zero-order valence-corrected chi connectivity index (χ0v) is 13.5. The zero-order valence-electron chi connectivity index (χ0n) is 13.5. The van der Waals surface area contributed by atoms with Gasteiger partial charge in [0, 0.05) is 19.6 Å². The summed E-state index contributed by atoms with van der Waals surface area (Å²) >= 11 is 0. The van der Waals surface area contributed by atoms with Crippen molar-refractivity contribution >= 4 is 17.7 Å². The van der Waals surface area contributed by atoms with E-state index < -0.39 is 18.0 Å². The summed E-state index contributed by atoms with van der Waals surface area (Å²) in [4.78, 5) is 26.9. The Hall–Kier alpha value is -2.41. The van der Waals surface area contributed by atoms with Crippen molar-refractivity contribution in [2.24, 2.45) is 5.73 Å². The van der Waals surface area contributed by atoms with Gasteiger partial charge in [-0.05, 0) is 43.0 Å². The molecule has 2 amide bonds. The number of allylic oxidation sites excluding steroid dienone is 1. The number of halogens is 1. The Bertz CT molecular complexity index is 719. The monoisotopic (exact) mass is 333 g/mol. The lowest BCUT2D eigenvalue weighted by Crippen LogP contribution is -2.37. The number of hydrogen-bond donors (Lipinski definition) is 1. The van der Waals surface area contributed by atoms with Gasteiger partial charge in [-0.25, -0.2) is 9.18 Å². The topological polar surface area (TPSA) is 75.9 Å². The van der Waals surface area contributed by atoms with Gasteiger partial charge in [0.1, 0.15) is 5.82 Å². The van der Waals surface area contributed by atoms with Crippen molar-refractivity contribution in [1.29, 1.82) is 0 Å². The molecule has 0 radical (unpaired) electrons. The van der Waals surface area contributed by atoms with Gasteiger partial charge in [-0.2, -0.15) is 0 Å². The van der Waals surface area contributed by atoms with Crippen LogP contribution in [-0.4, -0.2) is 36.0 Å². The molecule has 3 rings (SSSR count). The van der Waals surface area contributed by atoms with Gasteiger partial charge < -0.3 is 20.3 Å². The first-order chi connectivity index (χ1) is 11.4. The fourth-order valence-corrected chi connectivity index (χ4v) is 3.08. The van der Waals surface area contributed by atoms with Gasteiger partial charge in [-0.1, -0.05) is 6.58 Å². The third kappa shape index (κ3) is 2.99. The second kappa shape index (κ2) is 6.24. The van der Waals surface area contributed by atoms with E-state index in [0.29, 0.717) is 31.7 Å². The van der Waals surface area contributed by atoms with Gasteiger partial charge in [0.25, 0.3) is 0 Å². The lowest BCUT2D eigenvalue weighted by molar-refractivity contribution is -0.118. The number of carbonyl (C=O) groups excluding carboxylic acids is 2. The maximum Gasteiger partial charge on any atom is 0.415 e. The van der Waals surface area contributed by atoms with Crippen LogP contribution in [0.5, 0.6) is 0 Å². The minimum absolute atomic E-state index is 0.253. The molecule has 128 valence electrons. The first kappa shape index (κ1) is 16.4. The van der Waals surface area contributed by atoms with Crippen LogP contribution >= 0.6 is 0 Å². The van der Waals surface area contributed by atoms with Crippen molar-refractivity contribution in [3.63, 3.8) is 0 Å². The van der Waals surface area contributed by atoms with E-state index in [9.17, 15) is 14.0 Å². The molecule has 0 aromatic heterocycles. The summed E-state index contributed by atoms with van der Waals surface area (Å²) in [7, 11) is 0. The lowest BCUT2D eigenvalue weighted by Gasteiger charge is -2.29. The second-order valence-corrected chi connectivity index (χ2v) is 6.20. The summed E-state index contributed by atoms with van der Waals surface area (Å²) in [5.41, 5.74) is 7.62. The van der Waals surface area contributed by atoms with Gasteiger partial charge in [-0.3, -0.25) is 4.79 Å². The molecule has 0 saturated carbocycles. The van der Waals surface area contributed by atoms with E-state index in [1.54, 1.807) is 13.0 Å². The van der Waals surface area contributed by atoms with Crippen molar-refractivity contribution in [1.82, 2.24) is 4.90 Å². The van der Waals surface area contributed by atoms with E-state index in [1.165, 1.54) is 15.9 Å². The smallest absolute Gasteiger partial charge is 0.415 e. The van der Waals surface area contributed by atoms with E-state index in [0.717, 1.165) is 11.1 Å². The average Bonchev–Trinajstić information content (AvgIpc) is 2.85. The molecular weight excluding hydrogens is 313 g/mol. The molecule has 6 nitrogen and oxygen atoms in total. The first-order valence-electron chi connectivity index (χ1n) is 7.87. The van der Waals surface area contributed by atoms with Crippen molar-refractivity contribution in [3.05, 3.63) is 41.4 Å². The molecular formula is C17H20FN3O3. The number of benzene rings is 1. The second-order valence-electron chi connectivity index (χ2n) is 6.20. The predicted octanol–water partition coefficient (Wildman–Crippen LogP) is 1.92. The predicted molar refractivity (Wildman–Crippen MR) is 86.8 cm³/mol. The van der Waals surface area contributed by atoms with Crippen LogP contribution in [0.2, 0.25) is 0 Å². The van der Waals surface area contributed by atoms with Gasteiger partial charge in [0.15, 0.2) is 0 Å². The van der Waals surface area contributed by atoms with Gasteiger partial charge in [0.2, 0.25) is 5.91 Å². The maximum absolute atomic E-state index is 14.5. The van der Waals surface area contributed by atoms with Crippen LogP contribution in [0.25, 0.3) is 0 Å². The Labute approximate surface area is 139 Å². The normalized spacial score (nSPS) is 20.1. The number of amides is 2. The third-order valence-electron chi connectivity index (χ3n) is 4.34. The molecule has 24 heavy (non-hydrogen) atoms. The van der Waals surface area contributed by atoms with E-state index >= 15 is 0 Å². The maximum atomic E-state index is 14.5. The van der Waals surface area contributed by atoms with E-state index in [2.05, 4.69) is 6.58 Å². The van der Waals surface area contributed by atoms with Crippen molar-refractivity contribution < 1.29 is 18.7 Å². The summed E-state index contributed by atoms with van der Waals surface area (Å²) in [6.07, 6.45) is 0.607. The highest BCUT2D eigenvalue weighted by molar-refractivity contribution is 5.99. The molecule has 2 aliphatic rings. The molecule has 1 atom stereocenters. The zero-order chi connectivity index (χ0) is 17.4. The van der Waals surface area contributed by atoms with Crippen LogP contribution in [0.15, 0.2) is 24.5 Å². The molecule has 1 aromatic carbocycles. The Morgan fingerprint density at radius 3 is 2.75 bits per heavy atom. The van der Waals surface area contributed by atoms with Crippen LogP contribution in [-0.2, 0) is 22.5 Å². The average molecular weight is 333 g/mol. The Morgan fingerprint density at radius 2 is 2.12 bits per heavy atom. The highest BCUT2D eigenvalue weighted by Crippen LogP contribution is 2.30. The summed E-state index contributed by atoms with van der Waals surface area (Å²) in [6.45, 7) is 6.30.